The van der Waals surface area contributed by atoms with E-state index in [1.165, 1.54) is 5.56 Å². The predicted octanol–water partition coefficient (Wildman–Crippen LogP) is 3.23. The fraction of sp³-hybridized carbons (Fsp3) is 0.312. The molecule has 2 aliphatic rings. The molecule has 1 amide bonds. The third-order valence-electron chi connectivity index (χ3n) is 3.71. The van der Waals surface area contributed by atoms with Crippen molar-refractivity contribution >= 4 is 11.6 Å². The van der Waals surface area contributed by atoms with Crippen LogP contribution in [0.5, 0.6) is 0 Å². The Kier molecular flexibility index (Phi) is 3.11. The molecule has 1 N–H and O–H groups in total. The summed E-state index contributed by atoms with van der Waals surface area (Å²) in [7, 11) is 0. The molecule has 2 aliphatic heterocycles. The van der Waals surface area contributed by atoms with E-state index in [1.54, 1.807) is 0 Å². The number of para-hydroxylation sites is 1. The van der Waals surface area contributed by atoms with Crippen LogP contribution in [0.2, 0.25) is 0 Å². The van der Waals surface area contributed by atoms with Crippen LogP contribution in [0, 0.1) is 0 Å². The summed E-state index contributed by atoms with van der Waals surface area (Å²) >= 11 is 0. The normalized spacial score (nSPS) is 25.7. The fourth-order valence-corrected chi connectivity index (χ4v) is 2.82. The molecule has 1 aromatic rings. The Balaban J connectivity index is 1.98. The molecule has 0 radical (unpaired) electrons. The maximum Gasteiger partial charge on any atom is 0.230 e. The van der Waals surface area contributed by atoms with Crippen LogP contribution >= 0.6 is 0 Å². The molecule has 0 aromatic heterocycles. The Morgan fingerprint density at radius 2 is 2.11 bits per heavy atom. The van der Waals surface area contributed by atoms with Crippen molar-refractivity contribution in [1.82, 2.24) is 4.90 Å². The molecule has 0 saturated heterocycles. The fourth-order valence-electron chi connectivity index (χ4n) is 2.82. The molecule has 2 heterocycles. The second-order valence-corrected chi connectivity index (χ2v) is 5.16. The summed E-state index contributed by atoms with van der Waals surface area (Å²) in [5.41, 5.74) is 2.35. The van der Waals surface area contributed by atoms with Crippen LogP contribution in [-0.4, -0.2) is 16.8 Å². The number of allylic oxidation sites excluding steroid dienone is 2. The van der Waals surface area contributed by atoms with E-state index in [1.807, 2.05) is 41.5 Å². The highest BCUT2D eigenvalue weighted by molar-refractivity contribution is 5.80. The van der Waals surface area contributed by atoms with Gasteiger partial charge >= 0.3 is 0 Å². The molecule has 98 valence electrons. The van der Waals surface area contributed by atoms with E-state index < -0.39 is 0 Å². The summed E-state index contributed by atoms with van der Waals surface area (Å²) in [6, 6.07) is 8.77. The van der Waals surface area contributed by atoms with Gasteiger partial charge in [-0.15, -0.1) is 0 Å². The lowest BCUT2D eigenvalue weighted by Crippen LogP contribution is -2.36. The summed E-state index contributed by atoms with van der Waals surface area (Å²) in [5.74, 6) is 0.166. The number of nitrogens with one attached hydrogen (secondary N) is 1. The van der Waals surface area contributed by atoms with Crippen molar-refractivity contribution in [1.29, 1.82) is 0 Å². The van der Waals surface area contributed by atoms with Gasteiger partial charge in [0.15, 0.2) is 0 Å². The van der Waals surface area contributed by atoms with Crippen LogP contribution in [-0.2, 0) is 4.79 Å². The summed E-state index contributed by atoms with van der Waals surface area (Å²) in [5, 5.41) is 3.48. The number of rotatable bonds is 1. The van der Waals surface area contributed by atoms with Gasteiger partial charge in [0.1, 0.15) is 0 Å². The number of carbonyl (C=O) groups is 1. The summed E-state index contributed by atoms with van der Waals surface area (Å²) in [4.78, 5) is 14.1. The van der Waals surface area contributed by atoms with Crippen LogP contribution in [0.1, 0.15) is 31.4 Å². The number of benzene rings is 1. The number of hydrogen-bond donors (Lipinski definition) is 1. The SMILES string of the molecule is CC1CC(N2C=CC=CCC2=O)c2ccccc2N1. The third-order valence-corrected chi connectivity index (χ3v) is 3.71. The van der Waals surface area contributed by atoms with Gasteiger partial charge in [-0.2, -0.15) is 0 Å². The van der Waals surface area contributed by atoms with E-state index in [9.17, 15) is 4.79 Å². The molecule has 3 nitrogen and oxygen atoms in total. The molecule has 1 aromatic carbocycles. The van der Waals surface area contributed by atoms with Gasteiger partial charge in [-0.3, -0.25) is 4.79 Å². The molecule has 0 saturated carbocycles. The molecule has 3 rings (SSSR count). The number of carbonyl (C=O) groups excluding carboxylic acids is 1. The zero-order chi connectivity index (χ0) is 13.2. The Morgan fingerprint density at radius 1 is 1.26 bits per heavy atom. The van der Waals surface area contributed by atoms with Gasteiger partial charge in [-0.05, 0) is 31.1 Å². The number of fused-ring (bicyclic) bond motifs is 1. The average molecular weight is 254 g/mol. The maximum atomic E-state index is 12.2. The summed E-state index contributed by atoms with van der Waals surface area (Å²) in [6.45, 7) is 2.16. The highest BCUT2D eigenvalue weighted by Gasteiger charge is 2.30. The minimum Gasteiger partial charge on any atom is -0.382 e. The summed E-state index contributed by atoms with van der Waals surface area (Å²) < 4.78 is 0. The summed E-state index contributed by atoms with van der Waals surface area (Å²) in [6.07, 6.45) is 9.12. The van der Waals surface area contributed by atoms with E-state index in [2.05, 4.69) is 24.4 Å². The molecule has 3 heteroatoms. The average Bonchev–Trinajstić information content (AvgIpc) is 2.62. The van der Waals surface area contributed by atoms with Crippen LogP contribution in [0.15, 0.2) is 48.7 Å². The molecular formula is C16H18N2O. The second-order valence-electron chi connectivity index (χ2n) is 5.16. The lowest BCUT2D eigenvalue weighted by molar-refractivity contribution is -0.129. The predicted molar refractivity (Wildman–Crippen MR) is 76.6 cm³/mol. The van der Waals surface area contributed by atoms with Gasteiger partial charge < -0.3 is 10.2 Å². The molecule has 19 heavy (non-hydrogen) atoms. The maximum absolute atomic E-state index is 12.2. The first-order valence-electron chi connectivity index (χ1n) is 6.75. The van der Waals surface area contributed by atoms with Gasteiger partial charge in [0.25, 0.3) is 0 Å². The molecule has 0 fully saturated rings. The van der Waals surface area contributed by atoms with Crippen molar-refractivity contribution in [2.45, 2.75) is 31.8 Å². The minimum absolute atomic E-state index is 0.135. The molecule has 0 spiro atoms. The highest BCUT2D eigenvalue weighted by atomic mass is 16.2. The van der Waals surface area contributed by atoms with E-state index in [-0.39, 0.29) is 11.9 Å². The van der Waals surface area contributed by atoms with Crippen LogP contribution in [0.25, 0.3) is 0 Å². The van der Waals surface area contributed by atoms with E-state index in [0.717, 1.165) is 12.1 Å². The topological polar surface area (TPSA) is 32.3 Å². The van der Waals surface area contributed by atoms with E-state index in [0.29, 0.717) is 12.5 Å². The van der Waals surface area contributed by atoms with Crippen LogP contribution in [0.3, 0.4) is 0 Å². The molecule has 2 atom stereocenters. The first kappa shape index (κ1) is 12.0. The van der Waals surface area contributed by atoms with E-state index >= 15 is 0 Å². The van der Waals surface area contributed by atoms with Crippen LogP contribution in [0.4, 0.5) is 5.69 Å². The number of hydrogen-bond acceptors (Lipinski definition) is 2. The van der Waals surface area contributed by atoms with Crippen molar-refractivity contribution in [2.24, 2.45) is 0 Å². The Morgan fingerprint density at radius 3 is 3.00 bits per heavy atom. The molecule has 0 aliphatic carbocycles. The largest absolute Gasteiger partial charge is 0.382 e. The number of amides is 1. The van der Waals surface area contributed by atoms with Crippen molar-refractivity contribution in [3.63, 3.8) is 0 Å². The Bertz CT molecular complexity index is 547. The van der Waals surface area contributed by atoms with Gasteiger partial charge in [0.2, 0.25) is 5.91 Å². The van der Waals surface area contributed by atoms with Gasteiger partial charge in [-0.25, -0.2) is 0 Å². The van der Waals surface area contributed by atoms with E-state index in [4.69, 9.17) is 0 Å². The first-order valence-corrected chi connectivity index (χ1v) is 6.75. The first-order chi connectivity index (χ1) is 9.25. The molecule has 2 unspecified atom stereocenters. The highest BCUT2D eigenvalue weighted by Crippen LogP contribution is 2.37. The minimum atomic E-state index is 0.135. The van der Waals surface area contributed by atoms with Crippen molar-refractivity contribution in [3.05, 3.63) is 54.3 Å². The van der Waals surface area contributed by atoms with Gasteiger partial charge in [0.05, 0.1) is 6.04 Å². The zero-order valence-corrected chi connectivity index (χ0v) is 11.0. The molecule has 0 bridgehead atoms. The van der Waals surface area contributed by atoms with Crippen molar-refractivity contribution in [2.75, 3.05) is 5.32 Å². The standard InChI is InChI=1S/C16H18N2O/c1-12-11-15(13-7-4-5-8-14(13)17-12)18-10-6-2-3-9-16(18)19/h2-8,10,12,15,17H,9,11H2,1H3. The third kappa shape index (κ3) is 2.28. The lowest BCUT2D eigenvalue weighted by Gasteiger charge is -2.37. The van der Waals surface area contributed by atoms with Crippen molar-refractivity contribution < 1.29 is 4.79 Å². The number of nitrogens with zero attached hydrogens (tertiary/aromatic N) is 1. The quantitative estimate of drug-likeness (QED) is 0.834. The van der Waals surface area contributed by atoms with Crippen molar-refractivity contribution in [3.8, 4) is 0 Å². The Labute approximate surface area is 113 Å². The Hall–Kier alpha value is -2.03. The van der Waals surface area contributed by atoms with Gasteiger partial charge in [0, 0.05) is 24.4 Å². The van der Waals surface area contributed by atoms with Crippen LogP contribution < -0.4 is 5.32 Å². The smallest absolute Gasteiger partial charge is 0.230 e. The molecular weight excluding hydrogens is 236 g/mol. The lowest BCUT2D eigenvalue weighted by atomic mass is 9.92. The number of anilines is 1. The monoisotopic (exact) mass is 254 g/mol. The zero-order valence-electron chi connectivity index (χ0n) is 11.0. The van der Waals surface area contributed by atoms with Gasteiger partial charge in [-0.1, -0.05) is 30.4 Å². The second kappa shape index (κ2) is 4.92.